The highest BCUT2D eigenvalue weighted by atomic mass is 16.5. The van der Waals surface area contributed by atoms with Crippen LogP contribution in [0.4, 0.5) is 0 Å². The number of amides is 1. The van der Waals surface area contributed by atoms with Crippen LogP contribution in [0.2, 0.25) is 0 Å². The summed E-state index contributed by atoms with van der Waals surface area (Å²) in [5.41, 5.74) is 1.52. The molecule has 0 radical (unpaired) electrons. The van der Waals surface area contributed by atoms with Crippen LogP contribution in [0.1, 0.15) is 30.5 Å². The fourth-order valence-corrected chi connectivity index (χ4v) is 4.23. The van der Waals surface area contributed by atoms with E-state index in [-0.39, 0.29) is 5.91 Å². The molecule has 0 N–H and O–H groups in total. The Labute approximate surface area is 165 Å². The summed E-state index contributed by atoms with van der Waals surface area (Å²) in [6, 6.07) is 13.9. The maximum Gasteiger partial charge on any atom is 0.233 e. The van der Waals surface area contributed by atoms with E-state index in [9.17, 15) is 4.79 Å². The number of aryl methyl sites for hydroxylation is 1. The molecule has 2 fully saturated rings. The van der Waals surface area contributed by atoms with Crippen LogP contribution in [0.3, 0.4) is 0 Å². The third-order valence-corrected chi connectivity index (χ3v) is 5.90. The topological polar surface area (TPSA) is 64.5 Å². The zero-order valence-corrected chi connectivity index (χ0v) is 16.3. The van der Waals surface area contributed by atoms with Gasteiger partial charge in [-0.1, -0.05) is 30.3 Å². The molecule has 148 valence electrons. The molecular formula is C22H27N3O3. The monoisotopic (exact) mass is 381 g/mol. The summed E-state index contributed by atoms with van der Waals surface area (Å²) >= 11 is 0. The largest absolute Gasteiger partial charge is 0.476 e. The van der Waals surface area contributed by atoms with Gasteiger partial charge >= 0.3 is 0 Å². The first kappa shape index (κ1) is 18.9. The van der Waals surface area contributed by atoms with Crippen LogP contribution < -0.4 is 4.74 Å². The smallest absolute Gasteiger partial charge is 0.233 e. The molecule has 0 saturated carbocycles. The molecule has 6 heteroatoms. The lowest BCUT2D eigenvalue weighted by atomic mass is 9.73. The molecule has 1 aromatic carbocycles. The number of benzene rings is 1. The van der Waals surface area contributed by atoms with Crippen molar-refractivity contribution in [2.24, 2.45) is 5.92 Å². The first-order valence-electron chi connectivity index (χ1n) is 10.0. The van der Waals surface area contributed by atoms with Crippen LogP contribution in [0.15, 0.2) is 42.5 Å². The third kappa shape index (κ3) is 3.87. The predicted molar refractivity (Wildman–Crippen MR) is 105 cm³/mol. The predicted octanol–water partition coefficient (Wildman–Crippen LogP) is 2.76. The van der Waals surface area contributed by atoms with Crippen LogP contribution in [-0.4, -0.2) is 53.9 Å². The summed E-state index contributed by atoms with van der Waals surface area (Å²) < 4.78 is 11.4. The Bertz CT molecular complexity index is 788. The van der Waals surface area contributed by atoms with E-state index in [0.717, 1.165) is 43.6 Å². The van der Waals surface area contributed by atoms with E-state index in [2.05, 4.69) is 22.3 Å². The van der Waals surface area contributed by atoms with Gasteiger partial charge in [0.1, 0.15) is 0 Å². The van der Waals surface area contributed by atoms with Crippen molar-refractivity contribution >= 4 is 5.91 Å². The minimum Gasteiger partial charge on any atom is -0.476 e. The van der Waals surface area contributed by atoms with Gasteiger partial charge in [-0.05, 0) is 37.8 Å². The van der Waals surface area contributed by atoms with Gasteiger partial charge in [-0.25, -0.2) is 0 Å². The maximum absolute atomic E-state index is 13.6. The van der Waals surface area contributed by atoms with Gasteiger partial charge in [0, 0.05) is 38.3 Å². The molecule has 0 aliphatic carbocycles. The maximum atomic E-state index is 13.6. The van der Waals surface area contributed by atoms with Crippen LogP contribution in [0.25, 0.3) is 0 Å². The van der Waals surface area contributed by atoms with Gasteiger partial charge in [0.25, 0.3) is 0 Å². The average molecular weight is 381 g/mol. The lowest BCUT2D eigenvalue weighted by molar-refractivity contribution is -0.140. The van der Waals surface area contributed by atoms with Crippen LogP contribution in [0, 0.1) is 12.8 Å². The second-order valence-corrected chi connectivity index (χ2v) is 7.79. The van der Waals surface area contributed by atoms with E-state index in [1.165, 1.54) is 0 Å². The molecule has 0 spiro atoms. The number of hydrogen-bond acceptors (Lipinski definition) is 5. The molecule has 1 unspecified atom stereocenters. The van der Waals surface area contributed by atoms with Gasteiger partial charge in [0.15, 0.2) is 0 Å². The summed E-state index contributed by atoms with van der Waals surface area (Å²) in [5, 5.41) is 8.07. The molecule has 2 saturated heterocycles. The highest BCUT2D eigenvalue weighted by Gasteiger charge is 2.45. The Morgan fingerprint density at radius 1 is 1.18 bits per heavy atom. The number of ether oxygens (including phenoxy) is 2. The number of nitrogens with zero attached hydrogens (tertiary/aromatic N) is 3. The Hall–Kier alpha value is -2.47. The average Bonchev–Trinajstić information content (AvgIpc) is 3.23. The quantitative estimate of drug-likeness (QED) is 0.797. The Morgan fingerprint density at radius 3 is 2.68 bits per heavy atom. The van der Waals surface area contributed by atoms with Crippen LogP contribution >= 0.6 is 0 Å². The van der Waals surface area contributed by atoms with Crippen molar-refractivity contribution in [3.8, 4) is 5.88 Å². The van der Waals surface area contributed by atoms with Gasteiger partial charge in [-0.3, -0.25) is 4.79 Å². The molecular weight excluding hydrogens is 354 g/mol. The van der Waals surface area contributed by atoms with Crippen molar-refractivity contribution in [3.05, 3.63) is 53.7 Å². The summed E-state index contributed by atoms with van der Waals surface area (Å²) in [6.07, 6.45) is 2.44. The van der Waals surface area contributed by atoms with Gasteiger partial charge in [-0.2, -0.15) is 5.10 Å². The molecule has 1 atom stereocenters. The van der Waals surface area contributed by atoms with Crippen molar-refractivity contribution in [2.45, 2.75) is 31.6 Å². The van der Waals surface area contributed by atoms with Crippen LogP contribution in [0.5, 0.6) is 5.88 Å². The fourth-order valence-electron chi connectivity index (χ4n) is 4.23. The first-order chi connectivity index (χ1) is 13.7. The second-order valence-electron chi connectivity index (χ2n) is 7.79. The highest BCUT2D eigenvalue weighted by molar-refractivity contribution is 5.88. The fraction of sp³-hybridized carbons (Fsp3) is 0.500. The third-order valence-electron chi connectivity index (χ3n) is 5.90. The first-order valence-corrected chi connectivity index (χ1v) is 10.0. The minimum absolute atomic E-state index is 0.236. The van der Waals surface area contributed by atoms with Gasteiger partial charge < -0.3 is 14.4 Å². The Kier molecular flexibility index (Phi) is 5.57. The standard InChI is InChI=1S/C22H27N3O3/c1-17-7-8-20(24-23-17)28-16-18-9-12-25(15-18)21(26)22(10-13-27-14-11-22)19-5-3-2-4-6-19/h2-8,18H,9-16H2,1H3. The molecule has 28 heavy (non-hydrogen) atoms. The van der Waals surface area contributed by atoms with Gasteiger partial charge in [0.05, 0.1) is 17.7 Å². The zero-order chi connectivity index (χ0) is 19.4. The lowest BCUT2D eigenvalue weighted by Crippen LogP contribution is -2.49. The number of carbonyl (C=O) groups excluding carboxylic acids is 1. The zero-order valence-electron chi connectivity index (χ0n) is 16.3. The van der Waals surface area contributed by atoms with Crippen molar-refractivity contribution in [1.82, 2.24) is 15.1 Å². The Morgan fingerprint density at radius 2 is 1.96 bits per heavy atom. The minimum atomic E-state index is -0.461. The molecule has 1 aromatic heterocycles. The van der Waals surface area contributed by atoms with Crippen LogP contribution in [-0.2, 0) is 14.9 Å². The number of hydrogen-bond donors (Lipinski definition) is 0. The van der Waals surface area contributed by atoms with Crippen molar-refractivity contribution in [1.29, 1.82) is 0 Å². The Balaban J connectivity index is 1.42. The summed E-state index contributed by atoms with van der Waals surface area (Å²) in [5.74, 6) is 1.10. The SMILES string of the molecule is Cc1ccc(OCC2CCN(C(=O)C3(c4ccccc4)CCOCC3)C2)nn1. The highest BCUT2D eigenvalue weighted by Crippen LogP contribution is 2.38. The molecule has 0 bridgehead atoms. The molecule has 3 heterocycles. The molecule has 6 nitrogen and oxygen atoms in total. The summed E-state index contributed by atoms with van der Waals surface area (Å²) in [4.78, 5) is 15.6. The number of aromatic nitrogens is 2. The molecule has 2 aliphatic rings. The van der Waals surface area contributed by atoms with E-state index in [1.54, 1.807) is 0 Å². The van der Waals surface area contributed by atoms with Gasteiger partial charge in [0.2, 0.25) is 11.8 Å². The molecule has 2 aliphatic heterocycles. The van der Waals surface area contributed by atoms with Crippen molar-refractivity contribution in [3.63, 3.8) is 0 Å². The molecule has 2 aromatic rings. The van der Waals surface area contributed by atoms with E-state index in [1.807, 2.05) is 42.2 Å². The summed E-state index contributed by atoms with van der Waals surface area (Å²) in [6.45, 7) is 5.23. The number of rotatable bonds is 5. The van der Waals surface area contributed by atoms with E-state index >= 15 is 0 Å². The van der Waals surface area contributed by atoms with E-state index in [4.69, 9.17) is 9.47 Å². The van der Waals surface area contributed by atoms with Crippen molar-refractivity contribution < 1.29 is 14.3 Å². The number of carbonyl (C=O) groups is 1. The molecule has 4 rings (SSSR count). The van der Waals surface area contributed by atoms with Crippen molar-refractivity contribution in [2.75, 3.05) is 32.9 Å². The summed E-state index contributed by atoms with van der Waals surface area (Å²) in [7, 11) is 0. The normalized spacial score (nSPS) is 21.5. The molecule has 1 amide bonds. The van der Waals surface area contributed by atoms with E-state index < -0.39 is 5.41 Å². The lowest BCUT2D eigenvalue weighted by Gasteiger charge is -2.39. The van der Waals surface area contributed by atoms with E-state index in [0.29, 0.717) is 31.6 Å². The number of likely N-dealkylation sites (tertiary alicyclic amines) is 1. The van der Waals surface area contributed by atoms with Gasteiger partial charge in [-0.15, -0.1) is 5.10 Å². The second kappa shape index (κ2) is 8.27.